The second-order valence-electron chi connectivity index (χ2n) is 5.71. The number of nitrogens with zero attached hydrogens (tertiary/aromatic N) is 2. The van der Waals surface area contributed by atoms with E-state index in [1.165, 1.54) is 0 Å². The average Bonchev–Trinajstić information content (AvgIpc) is 2.42. The zero-order valence-corrected chi connectivity index (χ0v) is 12.5. The Bertz CT molecular complexity index is 485. The molecule has 0 unspecified atom stereocenters. The molecule has 4 heteroatoms. The molecule has 1 aromatic rings. The summed E-state index contributed by atoms with van der Waals surface area (Å²) in [5, 5.41) is 12.6. The number of hydrogen-bond acceptors (Lipinski definition) is 4. The van der Waals surface area contributed by atoms with Crippen LogP contribution < -0.4 is 10.1 Å². The summed E-state index contributed by atoms with van der Waals surface area (Å²) in [6, 6.07) is 8.21. The van der Waals surface area contributed by atoms with Gasteiger partial charge < -0.3 is 15.0 Å². The lowest BCUT2D eigenvalue weighted by molar-refractivity contribution is 0.242. The summed E-state index contributed by atoms with van der Waals surface area (Å²) in [6.45, 7) is 6.24. The van der Waals surface area contributed by atoms with Gasteiger partial charge in [-0.3, -0.25) is 0 Å². The van der Waals surface area contributed by atoms with E-state index >= 15 is 0 Å². The van der Waals surface area contributed by atoms with Gasteiger partial charge in [-0.1, -0.05) is 0 Å². The fourth-order valence-corrected chi connectivity index (χ4v) is 2.44. The summed E-state index contributed by atoms with van der Waals surface area (Å²) < 4.78 is 5.83. The molecule has 0 radical (unpaired) electrons. The van der Waals surface area contributed by atoms with Gasteiger partial charge in [-0.15, -0.1) is 0 Å². The molecular weight excluding hydrogens is 250 g/mol. The summed E-state index contributed by atoms with van der Waals surface area (Å²) >= 11 is 0. The molecule has 0 aromatic heterocycles. The highest BCUT2D eigenvalue weighted by Gasteiger charge is 2.18. The smallest absolute Gasteiger partial charge is 0.142 e. The van der Waals surface area contributed by atoms with Crippen molar-refractivity contribution in [3.8, 4) is 11.8 Å². The predicted molar refractivity (Wildman–Crippen MR) is 81.1 cm³/mol. The van der Waals surface area contributed by atoms with Gasteiger partial charge in [0.25, 0.3) is 0 Å². The van der Waals surface area contributed by atoms with Gasteiger partial charge in [-0.2, -0.15) is 5.26 Å². The topological polar surface area (TPSA) is 48.3 Å². The van der Waals surface area contributed by atoms with Crippen LogP contribution >= 0.6 is 0 Å². The maximum atomic E-state index is 9.05. The standard InChI is InChI=1S/C16H23N3O/c1-12(2)20-16-5-4-13(11-17)10-15(16)18-14-6-8-19(3)9-7-14/h4-5,10,12,14,18H,6-9H2,1-3H3. The molecule has 0 atom stereocenters. The summed E-state index contributed by atoms with van der Waals surface area (Å²) in [6.07, 6.45) is 2.36. The molecule has 20 heavy (non-hydrogen) atoms. The number of likely N-dealkylation sites (tertiary alicyclic amines) is 1. The minimum Gasteiger partial charge on any atom is -0.489 e. The van der Waals surface area contributed by atoms with Crippen molar-refractivity contribution in [2.24, 2.45) is 0 Å². The lowest BCUT2D eigenvalue weighted by atomic mass is 10.0. The van der Waals surface area contributed by atoms with Gasteiger partial charge in [0, 0.05) is 6.04 Å². The van der Waals surface area contributed by atoms with Gasteiger partial charge >= 0.3 is 0 Å². The van der Waals surface area contributed by atoms with Crippen LogP contribution in [0.3, 0.4) is 0 Å². The number of piperidine rings is 1. The van der Waals surface area contributed by atoms with Crippen molar-refractivity contribution < 1.29 is 4.74 Å². The van der Waals surface area contributed by atoms with Crippen LogP contribution in [0.2, 0.25) is 0 Å². The molecule has 0 saturated carbocycles. The number of nitriles is 1. The van der Waals surface area contributed by atoms with Crippen LogP contribution in [0.25, 0.3) is 0 Å². The first-order valence-electron chi connectivity index (χ1n) is 7.24. The van der Waals surface area contributed by atoms with E-state index in [4.69, 9.17) is 10.00 Å². The first-order chi connectivity index (χ1) is 9.58. The highest BCUT2D eigenvalue weighted by atomic mass is 16.5. The van der Waals surface area contributed by atoms with E-state index in [1.54, 1.807) is 6.07 Å². The van der Waals surface area contributed by atoms with Crippen molar-refractivity contribution in [2.75, 3.05) is 25.5 Å². The lowest BCUT2D eigenvalue weighted by Gasteiger charge is -2.30. The van der Waals surface area contributed by atoms with Crippen LogP contribution in [0.4, 0.5) is 5.69 Å². The van der Waals surface area contributed by atoms with Crippen LogP contribution in [0.1, 0.15) is 32.3 Å². The van der Waals surface area contributed by atoms with E-state index < -0.39 is 0 Å². The van der Waals surface area contributed by atoms with Gasteiger partial charge in [0.05, 0.1) is 23.4 Å². The highest BCUT2D eigenvalue weighted by molar-refractivity contribution is 5.60. The number of hydrogen-bond donors (Lipinski definition) is 1. The fourth-order valence-electron chi connectivity index (χ4n) is 2.44. The zero-order chi connectivity index (χ0) is 14.5. The molecule has 2 rings (SSSR count). The SMILES string of the molecule is CC(C)Oc1ccc(C#N)cc1NC1CCN(C)CC1. The molecule has 4 nitrogen and oxygen atoms in total. The quantitative estimate of drug-likeness (QED) is 0.916. The largest absolute Gasteiger partial charge is 0.489 e. The maximum Gasteiger partial charge on any atom is 0.142 e. The molecule has 1 fully saturated rings. The van der Waals surface area contributed by atoms with Gasteiger partial charge in [0.1, 0.15) is 5.75 Å². The normalized spacial score (nSPS) is 16.9. The number of nitrogens with one attached hydrogen (secondary N) is 1. The van der Waals surface area contributed by atoms with E-state index in [-0.39, 0.29) is 6.10 Å². The van der Waals surface area contributed by atoms with Gasteiger partial charge in [-0.25, -0.2) is 0 Å². The number of benzene rings is 1. The molecule has 1 aliphatic heterocycles. The molecular formula is C16H23N3O. The Hall–Kier alpha value is -1.73. The van der Waals surface area contributed by atoms with Crippen molar-refractivity contribution in [1.82, 2.24) is 4.90 Å². The molecule has 1 heterocycles. The first-order valence-corrected chi connectivity index (χ1v) is 7.24. The van der Waals surface area contributed by atoms with Crippen LogP contribution in [-0.4, -0.2) is 37.2 Å². The fraction of sp³-hybridized carbons (Fsp3) is 0.562. The Balaban J connectivity index is 2.13. The van der Waals surface area contributed by atoms with E-state index in [2.05, 4.69) is 23.3 Å². The zero-order valence-electron chi connectivity index (χ0n) is 12.5. The Morgan fingerprint density at radius 1 is 1.35 bits per heavy atom. The summed E-state index contributed by atoms with van der Waals surface area (Å²) in [7, 11) is 2.15. The second kappa shape index (κ2) is 6.62. The van der Waals surface area contributed by atoms with Crippen LogP contribution in [0.5, 0.6) is 5.75 Å². The Morgan fingerprint density at radius 3 is 2.65 bits per heavy atom. The Labute approximate surface area is 121 Å². The molecule has 1 aromatic carbocycles. The van der Waals surface area contributed by atoms with Gasteiger partial charge in [0.2, 0.25) is 0 Å². The minimum absolute atomic E-state index is 0.126. The van der Waals surface area contributed by atoms with Crippen LogP contribution in [-0.2, 0) is 0 Å². The first kappa shape index (κ1) is 14.7. The summed E-state index contributed by atoms with van der Waals surface area (Å²) in [5.41, 5.74) is 1.60. The monoisotopic (exact) mass is 273 g/mol. The van der Waals surface area contributed by atoms with Crippen LogP contribution in [0, 0.1) is 11.3 Å². The van der Waals surface area contributed by atoms with Crippen molar-refractivity contribution in [2.45, 2.75) is 38.8 Å². The van der Waals surface area contributed by atoms with E-state index in [1.807, 2.05) is 26.0 Å². The summed E-state index contributed by atoms with van der Waals surface area (Å²) in [4.78, 5) is 2.34. The third-order valence-electron chi connectivity index (χ3n) is 3.55. The molecule has 0 spiro atoms. The number of anilines is 1. The van der Waals surface area contributed by atoms with E-state index in [0.717, 1.165) is 37.4 Å². The molecule has 1 N–H and O–H groups in total. The highest BCUT2D eigenvalue weighted by Crippen LogP contribution is 2.28. The maximum absolute atomic E-state index is 9.05. The van der Waals surface area contributed by atoms with Crippen molar-refractivity contribution in [3.63, 3.8) is 0 Å². The predicted octanol–water partition coefficient (Wildman–Crippen LogP) is 2.85. The molecule has 0 aliphatic carbocycles. The van der Waals surface area contributed by atoms with Crippen LogP contribution in [0.15, 0.2) is 18.2 Å². The lowest BCUT2D eigenvalue weighted by Crippen LogP contribution is -2.36. The summed E-state index contributed by atoms with van der Waals surface area (Å²) in [5.74, 6) is 0.831. The molecule has 108 valence electrons. The average molecular weight is 273 g/mol. The Kier molecular flexibility index (Phi) is 4.86. The van der Waals surface area contributed by atoms with E-state index in [9.17, 15) is 0 Å². The van der Waals surface area contributed by atoms with Crippen molar-refractivity contribution in [3.05, 3.63) is 23.8 Å². The second-order valence-corrected chi connectivity index (χ2v) is 5.71. The molecule has 1 saturated heterocycles. The van der Waals surface area contributed by atoms with E-state index in [0.29, 0.717) is 11.6 Å². The third-order valence-corrected chi connectivity index (χ3v) is 3.55. The molecule has 0 bridgehead atoms. The molecule has 1 aliphatic rings. The van der Waals surface area contributed by atoms with Gasteiger partial charge in [-0.05, 0) is 65.0 Å². The van der Waals surface area contributed by atoms with Crippen molar-refractivity contribution in [1.29, 1.82) is 5.26 Å². The number of ether oxygens (including phenoxy) is 1. The van der Waals surface area contributed by atoms with Crippen molar-refractivity contribution >= 4 is 5.69 Å². The van der Waals surface area contributed by atoms with Gasteiger partial charge in [0.15, 0.2) is 0 Å². The Morgan fingerprint density at radius 2 is 2.05 bits per heavy atom. The third kappa shape index (κ3) is 3.88. The molecule has 0 amide bonds. The number of rotatable bonds is 4. The minimum atomic E-state index is 0.126.